The van der Waals surface area contributed by atoms with Gasteiger partial charge in [0.1, 0.15) is 5.82 Å². The Kier molecular flexibility index (Phi) is 4.77. The van der Waals surface area contributed by atoms with E-state index in [1.165, 1.54) is 12.1 Å². The summed E-state index contributed by atoms with van der Waals surface area (Å²) in [6, 6.07) is 9.11. The van der Waals surface area contributed by atoms with Gasteiger partial charge in [0.05, 0.1) is 5.69 Å². The highest BCUT2D eigenvalue weighted by Gasteiger charge is 2.26. The Labute approximate surface area is 154 Å². The van der Waals surface area contributed by atoms with Gasteiger partial charge in [-0.25, -0.2) is 13.8 Å². The molecule has 138 valence electrons. The van der Waals surface area contributed by atoms with Gasteiger partial charge >= 0.3 is 0 Å². The predicted octanol–water partition coefficient (Wildman–Crippen LogP) is 3.10. The smallest absolute Gasteiger partial charge is 0.251 e. The van der Waals surface area contributed by atoms with Crippen molar-refractivity contribution in [2.24, 2.45) is 0 Å². The lowest BCUT2D eigenvalue weighted by atomic mass is 10.0. The van der Waals surface area contributed by atoms with Crippen LogP contribution in [0.5, 0.6) is 0 Å². The molecule has 1 saturated heterocycles. The van der Waals surface area contributed by atoms with Crippen molar-refractivity contribution < 1.29 is 8.78 Å². The van der Waals surface area contributed by atoms with Gasteiger partial charge in [-0.2, -0.15) is 0 Å². The lowest BCUT2D eigenvalue weighted by Crippen LogP contribution is -2.21. The Morgan fingerprint density at radius 3 is 2.70 bits per heavy atom. The van der Waals surface area contributed by atoms with Crippen LogP contribution in [0.1, 0.15) is 23.6 Å². The molecule has 0 unspecified atom stereocenters. The number of likely N-dealkylation sites (tertiary alicyclic amines) is 1. The van der Waals surface area contributed by atoms with Crippen LogP contribution >= 0.6 is 0 Å². The Morgan fingerprint density at radius 2 is 1.93 bits per heavy atom. The minimum Gasteiger partial charge on any atom is -0.307 e. The summed E-state index contributed by atoms with van der Waals surface area (Å²) in [5, 5.41) is 0. The van der Waals surface area contributed by atoms with E-state index in [4.69, 9.17) is 0 Å². The molecule has 1 atom stereocenters. The summed E-state index contributed by atoms with van der Waals surface area (Å²) in [6.45, 7) is 2.06. The molecule has 1 N–H and O–H groups in total. The molecule has 27 heavy (non-hydrogen) atoms. The molecule has 4 rings (SSSR count). The van der Waals surface area contributed by atoms with Crippen LogP contribution < -0.4 is 5.56 Å². The van der Waals surface area contributed by atoms with Crippen LogP contribution in [0.25, 0.3) is 11.4 Å². The third kappa shape index (κ3) is 3.93. The number of rotatable bonds is 4. The van der Waals surface area contributed by atoms with Gasteiger partial charge < -0.3 is 4.98 Å². The van der Waals surface area contributed by atoms with Crippen molar-refractivity contribution in [3.05, 3.63) is 82.0 Å². The molecule has 0 amide bonds. The van der Waals surface area contributed by atoms with Crippen LogP contribution in [0.15, 0.2) is 53.6 Å². The summed E-state index contributed by atoms with van der Waals surface area (Å²) in [5.41, 5.74) is 2.09. The van der Waals surface area contributed by atoms with Crippen molar-refractivity contribution in [2.75, 3.05) is 13.1 Å². The first kappa shape index (κ1) is 17.5. The molecular formula is C20H18F2N4O. The monoisotopic (exact) mass is 368 g/mol. The number of nitrogens with one attached hydrogen (secondary N) is 1. The summed E-state index contributed by atoms with van der Waals surface area (Å²) in [5.74, 6) is -1.02. The standard InChI is InChI=1S/C20H18F2N4O/c21-16-2-1-13(9-17(16)22)11-26-8-5-15(12-26)18-10-19(27)25-20(24-18)14-3-6-23-7-4-14/h1-4,6-7,9-10,15H,5,8,11-12H2,(H,24,25,27)/t15-/m1/s1. The number of benzene rings is 1. The minimum absolute atomic E-state index is 0.123. The second-order valence-corrected chi connectivity index (χ2v) is 6.72. The first-order valence-corrected chi connectivity index (χ1v) is 8.76. The second-order valence-electron chi connectivity index (χ2n) is 6.72. The van der Waals surface area contributed by atoms with E-state index >= 15 is 0 Å². The van der Waals surface area contributed by atoms with E-state index < -0.39 is 11.6 Å². The van der Waals surface area contributed by atoms with Crippen molar-refractivity contribution in [3.8, 4) is 11.4 Å². The number of H-pyrrole nitrogens is 1. The van der Waals surface area contributed by atoms with Crippen molar-refractivity contribution in [2.45, 2.75) is 18.9 Å². The Bertz CT molecular complexity index is 1010. The third-order valence-electron chi connectivity index (χ3n) is 4.80. The molecule has 1 fully saturated rings. The Hall–Kier alpha value is -2.93. The zero-order chi connectivity index (χ0) is 18.8. The normalized spacial score (nSPS) is 17.3. The van der Waals surface area contributed by atoms with E-state index in [1.54, 1.807) is 30.6 Å². The molecule has 0 bridgehead atoms. The number of nitrogens with zero attached hydrogens (tertiary/aromatic N) is 3. The molecule has 0 saturated carbocycles. The van der Waals surface area contributed by atoms with Crippen LogP contribution in [0.2, 0.25) is 0 Å². The zero-order valence-electron chi connectivity index (χ0n) is 14.5. The van der Waals surface area contributed by atoms with Gasteiger partial charge in [-0.3, -0.25) is 14.7 Å². The van der Waals surface area contributed by atoms with Crippen molar-refractivity contribution in [1.82, 2.24) is 19.9 Å². The van der Waals surface area contributed by atoms with Gasteiger partial charge in [0.2, 0.25) is 0 Å². The van der Waals surface area contributed by atoms with Crippen molar-refractivity contribution in [1.29, 1.82) is 0 Å². The molecule has 0 aliphatic carbocycles. The van der Waals surface area contributed by atoms with Gasteiger partial charge in [0.25, 0.3) is 5.56 Å². The van der Waals surface area contributed by atoms with E-state index in [9.17, 15) is 13.6 Å². The van der Waals surface area contributed by atoms with Gasteiger partial charge in [-0.05, 0) is 42.8 Å². The van der Waals surface area contributed by atoms with Crippen molar-refractivity contribution >= 4 is 0 Å². The number of halogens is 2. The highest BCUT2D eigenvalue weighted by molar-refractivity contribution is 5.53. The van der Waals surface area contributed by atoms with Crippen LogP contribution in [-0.2, 0) is 6.54 Å². The Morgan fingerprint density at radius 1 is 1.11 bits per heavy atom. The second kappa shape index (κ2) is 7.36. The maximum Gasteiger partial charge on any atom is 0.251 e. The molecule has 1 aliphatic rings. The van der Waals surface area contributed by atoms with Gasteiger partial charge in [0.15, 0.2) is 11.6 Å². The first-order valence-electron chi connectivity index (χ1n) is 8.76. The molecule has 0 radical (unpaired) electrons. The average molecular weight is 368 g/mol. The lowest BCUT2D eigenvalue weighted by Gasteiger charge is -2.16. The Balaban J connectivity index is 1.51. The summed E-state index contributed by atoms with van der Waals surface area (Å²) >= 11 is 0. The SMILES string of the molecule is O=c1cc([C@@H]2CCN(Cc3ccc(F)c(F)c3)C2)nc(-c2ccncc2)[nH]1. The minimum atomic E-state index is -0.839. The molecule has 2 aromatic heterocycles. The fraction of sp³-hybridized carbons (Fsp3) is 0.250. The number of hydrogen-bond donors (Lipinski definition) is 1. The van der Waals surface area contributed by atoms with E-state index in [-0.39, 0.29) is 11.5 Å². The van der Waals surface area contributed by atoms with Crippen LogP contribution in [0.3, 0.4) is 0 Å². The summed E-state index contributed by atoms with van der Waals surface area (Å²) in [7, 11) is 0. The maximum absolute atomic E-state index is 13.4. The molecule has 1 aliphatic heterocycles. The van der Waals surface area contributed by atoms with E-state index in [2.05, 4.69) is 19.9 Å². The summed E-state index contributed by atoms with van der Waals surface area (Å²) in [4.78, 5) is 25.6. The van der Waals surface area contributed by atoms with E-state index in [0.717, 1.165) is 35.9 Å². The molecule has 1 aromatic carbocycles. The molecule has 0 spiro atoms. The van der Waals surface area contributed by atoms with Crippen LogP contribution in [0.4, 0.5) is 8.78 Å². The van der Waals surface area contributed by atoms with E-state index in [1.807, 2.05) is 0 Å². The largest absolute Gasteiger partial charge is 0.307 e. The highest BCUT2D eigenvalue weighted by atomic mass is 19.2. The molecule has 5 nitrogen and oxygen atoms in total. The maximum atomic E-state index is 13.4. The molecule has 3 heterocycles. The number of hydrogen-bond acceptors (Lipinski definition) is 4. The summed E-state index contributed by atoms with van der Waals surface area (Å²) < 4.78 is 26.5. The van der Waals surface area contributed by atoms with E-state index in [0.29, 0.717) is 18.9 Å². The lowest BCUT2D eigenvalue weighted by molar-refractivity contribution is 0.325. The number of aromatic amines is 1. The van der Waals surface area contributed by atoms with Gasteiger partial charge in [-0.15, -0.1) is 0 Å². The fourth-order valence-corrected chi connectivity index (χ4v) is 3.45. The summed E-state index contributed by atoms with van der Waals surface area (Å²) in [6.07, 6.45) is 4.16. The first-order chi connectivity index (χ1) is 13.1. The third-order valence-corrected chi connectivity index (χ3v) is 4.80. The number of pyridine rings is 1. The van der Waals surface area contributed by atoms with Crippen molar-refractivity contribution in [3.63, 3.8) is 0 Å². The highest BCUT2D eigenvalue weighted by Crippen LogP contribution is 2.27. The topological polar surface area (TPSA) is 61.9 Å². The average Bonchev–Trinajstić information content (AvgIpc) is 3.13. The van der Waals surface area contributed by atoms with Gasteiger partial charge in [-0.1, -0.05) is 6.07 Å². The molecule has 7 heteroatoms. The number of aromatic nitrogens is 3. The zero-order valence-corrected chi connectivity index (χ0v) is 14.5. The predicted molar refractivity (Wildman–Crippen MR) is 97.1 cm³/mol. The molecular weight excluding hydrogens is 350 g/mol. The quantitative estimate of drug-likeness (QED) is 0.769. The fourth-order valence-electron chi connectivity index (χ4n) is 3.45. The van der Waals surface area contributed by atoms with Crippen LogP contribution in [-0.4, -0.2) is 32.9 Å². The molecule has 3 aromatic rings. The van der Waals surface area contributed by atoms with Gasteiger partial charge in [0, 0.05) is 43.0 Å². The van der Waals surface area contributed by atoms with Crippen LogP contribution in [0, 0.1) is 11.6 Å².